The van der Waals surface area contributed by atoms with Gasteiger partial charge in [0.25, 0.3) is 5.91 Å². The summed E-state index contributed by atoms with van der Waals surface area (Å²) in [5.41, 5.74) is 2.33. The molecule has 0 fully saturated rings. The molecule has 0 aliphatic carbocycles. The summed E-state index contributed by atoms with van der Waals surface area (Å²) in [5, 5.41) is 10.6. The van der Waals surface area contributed by atoms with Gasteiger partial charge in [-0.25, -0.2) is 14.1 Å². The van der Waals surface area contributed by atoms with Crippen LogP contribution in [0.3, 0.4) is 0 Å². The van der Waals surface area contributed by atoms with Crippen LogP contribution in [0.1, 0.15) is 21.6 Å². The second-order valence-electron chi connectivity index (χ2n) is 6.15. The fourth-order valence-corrected chi connectivity index (χ4v) is 2.78. The lowest BCUT2D eigenvalue weighted by Crippen LogP contribution is -2.23. The average molecular weight is 377 g/mol. The van der Waals surface area contributed by atoms with Crippen LogP contribution in [0.15, 0.2) is 71.8 Å². The Balaban J connectivity index is 1.40. The molecule has 0 unspecified atom stereocenters. The van der Waals surface area contributed by atoms with E-state index in [1.807, 2.05) is 24.3 Å². The molecule has 0 radical (unpaired) electrons. The molecule has 0 bridgehead atoms. The van der Waals surface area contributed by atoms with Crippen LogP contribution in [0, 0.1) is 5.82 Å². The molecule has 0 saturated heterocycles. The lowest BCUT2D eigenvalue weighted by atomic mass is 10.1. The first kappa shape index (κ1) is 17.6. The molecule has 1 N–H and O–H groups in total. The van der Waals surface area contributed by atoms with Crippen molar-refractivity contribution in [3.63, 3.8) is 0 Å². The van der Waals surface area contributed by atoms with Crippen LogP contribution >= 0.6 is 0 Å². The smallest absolute Gasteiger partial charge is 0.273 e. The van der Waals surface area contributed by atoms with E-state index in [0.717, 1.165) is 11.1 Å². The van der Waals surface area contributed by atoms with Crippen LogP contribution in [0.2, 0.25) is 0 Å². The zero-order valence-electron chi connectivity index (χ0n) is 14.7. The largest absolute Gasteiger partial charge is 0.355 e. The van der Waals surface area contributed by atoms with Gasteiger partial charge in [-0.3, -0.25) is 4.79 Å². The number of nitrogens with one attached hydrogen (secondary N) is 1. The number of carbonyl (C=O) groups excluding carboxylic acids is 1. The Kier molecular flexibility index (Phi) is 4.92. The van der Waals surface area contributed by atoms with E-state index in [1.165, 1.54) is 18.5 Å². The molecule has 28 heavy (non-hydrogen) atoms. The summed E-state index contributed by atoms with van der Waals surface area (Å²) >= 11 is 0. The van der Waals surface area contributed by atoms with Crippen LogP contribution in [0.4, 0.5) is 4.39 Å². The van der Waals surface area contributed by atoms with Crippen molar-refractivity contribution in [3.05, 3.63) is 89.9 Å². The van der Waals surface area contributed by atoms with E-state index in [1.54, 1.807) is 29.2 Å². The third-order valence-electron chi connectivity index (χ3n) is 4.14. The minimum Gasteiger partial charge on any atom is -0.355 e. The Morgan fingerprint density at radius 1 is 1.11 bits per heavy atom. The van der Waals surface area contributed by atoms with E-state index < -0.39 is 11.7 Å². The summed E-state index contributed by atoms with van der Waals surface area (Å²) in [4.78, 5) is 16.3. The molecule has 2 heterocycles. The van der Waals surface area contributed by atoms with Crippen molar-refractivity contribution in [1.29, 1.82) is 0 Å². The molecule has 1 amide bonds. The first-order valence-electron chi connectivity index (χ1n) is 8.59. The second-order valence-corrected chi connectivity index (χ2v) is 6.15. The minimum atomic E-state index is -0.435. The van der Waals surface area contributed by atoms with Crippen molar-refractivity contribution in [3.8, 4) is 11.3 Å². The molecular formula is C20H16FN5O2. The van der Waals surface area contributed by atoms with Crippen LogP contribution in [-0.2, 0) is 13.1 Å². The predicted octanol–water partition coefficient (Wildman–Crippen LogP) is 3.05. The van der Waals surface area contributed by atoms with Gasteiger partial charge in [-0.1, -0.05) is 41.6 Å². The fraction of sp³-hybridized carbons (Fsp3) is 0.100. The van der Waals surface area contributed by atoms with E-state index in [-0.39, 0.29) is 17.0 Å². The molecule has 4 rings (SSSR count). The van der Waals surface area contributed by atoms with Gasteiger partial charge in [0.15, 0.2) is 11.5 Å². The lowest BCUT2D eigenvalue weighted by molar-refractivity contribution is 0.0942. The van der Waals surface area contributed by atoms with Gasteiger partial charge in [-0.05, 0) is 23.3 Å². The highest BCUT2D eigenvalue weighted by Crippen LogP contribution is 2.23. The zero-order chi connectivity index (χ0) is 19.3. The Morgan fingerprint density at radius 3 is 2.79 bits per heavy atom. The highest BCUT2D eigenvalue weighted by molar-refractivity contribution is 5.93. The van der Waals surface area contributed by atoms with Gasteiger partial charge in [0.2, 0.25) is 0 Å². The highest BCUT2D eigenvalue weighted by atomic mass is 19.1. The molecule has 7 nitrogen and oxygen atoms in total. The zero-order valence-corrected chi connectivity index (χ0v) is 14.7. The van der Waals surface area contributed by atoms with Crippen LogP contribution in [0.25, 0.3) is 11.3 Å². The number of hydrogen-bond donors (Lipinski definition) is 1. The molecule has 8 heteroatoms. The van der Waals surface area contributed by atoms with Crippen LogP contribution in [0.5, 0.6) is 0 Å². The molecule has 2 aromatic carbocycles. The summed E-state index contributed by atoms with van der Waals surface area (Å²) in [6, 6.07) is 15.4. The second kappa shape index (κ2) is 7.83. The van der Waals surface area contributed by atoms with Crippen molar-refractivity contribution < 1.29 is 13.7 Å². The topological polar surface area (TPSA) is 85.8 Å². The summed E-state index contributed by atoms with van der Waals surface area (Å²) < 4.78 is 20.7. The molecule has 0 spiro atoms. The van der Waals surface area contributed by atoms with Crippen molar-refractivity contribution >= 4 is 5.91 Å². The van der Waals surface area contributed by atoms with Gasteiger partial charge in [0.05, 0.1) is 12.1 Å². The van der Waals surface area contributed by atoms with E-state index >= 15 is 0 Å². The Labute approximate surface area is 159 Å². The molecule has 140 valence electrons. The molecular weight excluding hydrogens is 361 g/mol. The number of rotatable bonds is 6. The Hall–Kier alpha value is -3.81. The molecule has 0 saturated carbocycles. The third kappa shape index (κ3) is 3.96. The van der Waals surface area contributed by atoms with Crippen LogP contribution < -0.4 is 5.32 Å². The average Bonchev–Trinajstić information content (AvgIpc) is 3.39. The Morgan fingerprint density at radius 2 is 1.96 bits per heavy atom. The minimum absolute atomic E-state index is 0.0945. The van der Waals surface area contributed by atoms with E-state index in [2.05, 4.69) is 20.6 Å². The highest BCUT2D eigenvalue weighted by Gasteiger charge is 2.15. The quantitative estimate of drug-likeness (QED) is 0.558. The summed E-state index contributed by atoms with van der Waals surface area (Å²) in [5.74, 6) is -0.624. The summed E-state index contributed by atoms with van der Waals surface area (Å²) in [7, 11) is 0. The van der Waals surface area contributed by atoms with Gasteiger partial charge in [0.1, 0.15) is 18.5 Å². The Bertz CT molecular complexity index is 1090. The first-order chi connectivity index (χ1) is 13.7. The van der Waals surface area contributed by atoms with Gasteiger partial charge in [0, 0.05) is 12.6 Å². The van der Waals surface area contributed by atoms with Crippen molar-refractivity contribution in [2.45, 2.75) is 13.1 Å². The third-order valence-corrected chi connectivity index (χ3v) is 4.14. The lowest BCUT2D eigenvalue weighted by Gasteiger charge is -2.06. The number of amides is 1. The van der Waals surface area contributed by atoms with Crippen molar-refractivity contribution in [2.24, 2.45) is 0 Å². The van der Waals surface area contributed by atoms with Gasteiger partial charge in [-0.2, -0.15) is 5.10 Å². The van der Waals surface area contributed by atoms with Gasteiger partial charge in [-0.15, -0.1) is 0 Å². The predicted molar refractivity (Wildman–Crippen MR) is 98.6 cm³/mol. The number of halogens is 1. The van der Waals surface area contributed by atoms with Crippen molar-refractivity contribution in [1.82, 2.24) is 25.2 Å². The van der Waals surface area contributed by atoms with Gasteiger partial charge >= 0.3 is 0 Å². The number of benzene rings is 2. The fourth-order valence-electron chi connectivity index (χ4n) is 2.78. The maximum atomic E-state index is 13.8. The van der Waals surface area contributed by atoms with Crippen molar-refractivity contribution in [2.75, 3.05) is 0 Å². The number of hydrogen-bond acceptors (Lipinski definition) is 5. The molecule has 4 aromatic rings. The monoisotopic (exact) mass is 377 g/mol. The standard InChI is InChI=1S/C20H16FN5O2/c21-17-7-2-1-6-16(17)19-9-18(25-28-19)20(27)23-10-14-4-3-5-15(8-14)11-26-13-22-12-24-26/h1-9,12-13H,10-11H2,(H,23,27). The molecule has 0 atom stereocenters. The molecule has 0 aliphatic heterocycles. The van der Waals surface area contributed by atoms with E-state index in [9.17, 15) is 9.18 Å². The maximum absolute atomic E-state index is 13.8. The summed E-state index contributed by atoms with van der Waals surface area (Å²) in [6.45, 7) is 0.920. The first-order valence-corrected chi connectivity index (χ1v) is 8.59. The maximum Gasteiger partial charge on any atom is 0.273 e. The van der Waals surface area contributed by atoms with E-state index in [0.29, 0.717) is 13.1 Å². The SMILES string of the molecule is O=C(NCc1cccc(Cn2cncn2)c1)c1cc(-c2ccccc2F)on1. The molecule has 0 aliphatic rings. The number of aromatic nitrogens is 4. The molecule has 2 aromatic heterocycles. The van der Waals surface area contributed by atoms with Gasteiger partial charge < -0.3 is 9.84 Å². The summed E-state index contributed by atoms with van der Waals surface area (Å²) in [6.07, 6.45) is 3.13. The normalized spacial score (nSPS) is 10.8. The number of nitrogens with zero attached hydrogens (tertiary/aromatic N) is 4. The van der Waals surface area contributed by atoms with Crippen LogP contribution in [-0.4, -0.2) is 25.8 Å². The van der Waals surface area contributed by atoms with E-state index in [4.69, 9.17) is 4.52 Å². The number of carbonyl (C=O) groups is 1.